The van der Waals surface area contributed by atoms with Gasteiger partial charge in [-0.05, 0) is 31.4 Å². The maximum absolute atomic E-state index is 12.2. The maximum atomic E-state index is 12.2. The molecular formula is C19H27N3O4. The van der Waals surface area contributed by atoms with Crippen LogP contribution < -0.4 is 10.6 Å². The molecule has 7 heteroatoms. The molecule has 2 N–H and O–H groups in total. The van der Waals surface area contributed by atoms with Crippen LogP contribution in [0.3, 0.4) is 0 Å². The minimum Gasteiger partial charge on any atom is -0.450 e. The zero-order valence-electron chi connectivity index (χ0n) is 15.2. The SMILES string of the molecule is CCCCOC(=O)NC1CCN(C(=O)CNC(=O)c2ccccc2)CC1. The third kappa shape index (κ3) is 6.38. The monoisotopic (exact) mass is 361 g/mol. The van der Waals surface area contributed by atoms with Gasteiger partial charge in [-0.25, -0.2) is 4.79 Å². The van der Waals surface area contributed by atoms with Gasteiger partial charge in [0.25, 0.3) is 5.91 Å². The van der Waals surface area contributed by atoms with E-state index in [1.165, 1.54) is 0 Å². The highest BCUT2D eigenvalue weighted by molar-refractivity contribution is 5.96. The molecule has 7 nitrogen and oxygen atoms in total. The lowest BCUT2D eigenvalue weighted by Crippen LogP contribution is -2.49. The predicted molar refractivity (Wildman–Crippen MR) is 97.8 cm³/mol. The largest absolute Gasteiger partial charge is 0.450 e. The van der Waals surface area contributed by atoms with Gasteiger partial charge in [-0.1, -0.05) is 31.5 Å². The summed E-state index contributed by atoms with van der Waals surface area (Å²) in [5.74, 6) is -0.372. The molecule has 3 amide bonds. The Labute approximate surface area is 154 Å². The number of piperidine rings is 1. The van der Waals surface area contributed by atoms with Crippen LogP contribution >= 0.6 is 0 Å². The Kier molecular flexibility index (Phi) is 7.92. The van der Waals surface area contributed by atoms with Gasteiger partial charge in [0.15, 0.2) is 0 Å². The average Bonchev–Trinajstić information content (AvgIpc) is 2.67. The van der Waals surface area contributed by atoms with E-state index in [1.807, 2.05) is 13.0 Å². The molecule has 1 aliphatic rings. The zero-order valence-corrected chi connectivity index (χ0v) is 15.2. The molecule has 26 heavy (non-hydrogen) atoms. The first-order valence-corrected chi connectivity index (χ1v) is 9.14. The van der Waals surface area contributed by atoms with Gasteiger partial charge in [-0.15, -0.1) is 0 Å². The Morgan fingerprint density at radius 3 is 2.50 bits per heavy atom. The minimum atomic E-state index is -0.390. The number of nitrogens with zero attached hydrogens (tertiary/aromatic N) is 1. The summed E-state index contributed by atoms with van der Waals surface area (Å²) in [6.45, 7) is 3.56. The number of carbonyl (C=O) groups is 3. The van der Waals surface area contributed by atoms with Crippen LogP contribution in [-0.4, -0.2) is 55.1 Å². The number of likely N-dealkylation sites (tertiary alicyclic amines) is 1. The van der Waals surface area contributed by atoms with Crippen molar-refractivity contribution in [2.45, 2.75) is 38.6 Å². The fourth-order valence-electron chi connectivity index (χ4n) is 2.75. The van der Waals surface area contributed by atoms with Gasteiger partial charge < -0.3 is 20.3 Å². The maximum Gasteiger partial charge on any atom is 0.407 e. The highest BCUT2D eigenvalue weighted by atomic mass is 16.5. The van der Waals surface area contributed by atoms with Crippen molar-refractivity contribution in [1.29, 1.82) is 0 Å². The van der Waals surface area contributed by atoms with E-state index in [0.29, 0.717) is 38.1 Å². The Morgan fingerprint density at radius 2 is 1.85 bits per heavy atom. The van der Waals surface area contributed by atoms with Crippen LogP contribution in [0.1, 0.15) is 43.0 Å². The third-order valence-electron chi connectivity index (χ3n) is 4.34. The Bertz CT molecular complexity index is 598. The number of amides is 3. The molecule has 1 aliphatic heterocycles. The molecule has 1 aromatic carbocycles. The first-order valence-electron chi connectivity index (χ1n) is 9.14. The molecular weight excluding hydrogens is 334 g/mol. The van der Waals surface area contributed by atoms with Crippen molar-refractivity contribution in [3.63, 3.8) is 0 Å². The molecule has 0 bridgehead atoms. The van der Waals surface area contributed by atoms with Crippen LogP contribution in [0.4, 0.5) is 4.79 Å². The molecule has 0 atom stereocenters. The Morgan fingerprint density at radius 1 is 1.15 bits per heavy atom. The Hall–Kier alpha value is -2.57. The lowest BCUT2D eigenvalue weighted by molar-refractivity contribution is -0.131. The van der Waals surface area contributed by atoms with Gasteiger partial charge in [0, 0.05) is 24.7 Å². The average molecular weight is 361 g/mol. The zero-order chi connectivity index (χ0) is 18.8. The van der Waals surface area contributed by atoms with Crippen molar-refractivity contribution in [2.75, 3.05) is 26.2 Å². The summed E-state index contributed by atoms with van der Waals surface area (Å²) in [6, 6.07) is 8.82. The van der Waals surface area contributed by atoms with E-state index in [1.54, 1.807) is 29.2 Å². The van der Waals surface area contributed by atoms with Crippen molar-refractivity contribution >= 4 is 17.9 Å². The summed E-state index contributed by atoms with van der Waals surface area (Å²) < 4.78 is 5.09. The molecule has 1 heterocycles. The number of carbonyl (C=O) groups excluding carboxylic acids is 3. The predicted octanol–water partition coefficient (Wildman–Crippen LogP) is 1.93. The highest BCUT2D eigenvalue weighted by Gasteiger charge is 2.24. The van der Waals surface area contributed by atoms with Crippen LogP contribution in [0.5, 0.6) is 0 Å². The van der Waals surface area contributed by atoms with E-state index in [0.717, 1.165) is 12.8 Å². The highest BCUT2D eigenvalue weighted by Crippen LogP contribution is 2.11. The van der Waals surface area contributed by atoms with E-state index in [9.17, 15) is 14.4 Å². The first-order chi connectivity index (χ1) is 12.6. The molecule has 1 saturated heterocycles. The fraction of sp³-hybridized carbons (Fsp3) is 0.526. The quantitative estimate of drug-likeness (QED) is 0.727. The molecule has 0 spiro atoms. The second-order valence-electron chi connectivity index (χ2n) is 6.34. The normalized spacial score (nSPS) is 14.6. The smallest absolute Gasteiger partial charge is 0.407 e. The number of ether oxygens (including phenoxy) is 1. The summed E-state index contributed by atoms with van der Waals surface area (Å²) in [7, 11) is 0. The van der Waals surface area contributed by atoms with Gasteiger partial charge in [-0.2, -0.15) is 0 Å². The van der Waals surface area contributed by atoms with Gasteiger partial charge in [0.2, 0.25) is 5.91 Å². The summed E-state index contributed by atoms with van der Waals surface area (Å²) in [5.41, 5.74) is 0.532. The molecule has 0 aliphatic carbocycles. The van der Waals surface area contributed by atoms with Crippen molar-refractivity contribution in [2.24, 2.45) is 0 Å². The summed E-state index contributed by atoms with van der Waals surface area (Å²) in [5, 5.41) is 5.49. The molecule has 0 aromatic heterocycles. The van der Waals surface area contributed by atoms with Gasteiger partial charge >= 0.3 is 6.09 Å². The van der Waals surface area contributed by atoms with Gasteiger partial charge in [0.1, 0.15) is 0 Å². The number of benzene rings is 1. The second-order valence-corrected chi connectivity index (χ2v) is 6.34. The number of unbranched alkanes of at least 4 members (excludes halogenated alkanes) is 1. The van der Waals surface area contributed by atoms with E-state index < -0.39 is 6.09 Å². The van der Waals surface area contributed by atoms with E-state index in [2.05, 4.69) is 10.6 Å². The van der Waals surface area contributed by atoms with Crippen molar-refractivity contribution in [3.8, 4) is 0 Å². The summed E-state index contributed by atoms with van der Waals surface area (Å²) in [4.78, 5) is 37.6. The van der Waals surface area contributed by atoms with E-state index in [-0.39, 0.29) is 24.4 Å². The molecule has 0 radical (unpaired) electrons. The standard InChI is InChI=1S/C19H27N3O4/c1-2-3-13-26-19(25)21-16-9-11-22(12-10-16)17(23)14-20-18(24)15-7-5-4-6-8-15/h4-8,16H,2-3,9-14H2,1H3,(H,20,24)(H,21,25). The molecule has 142 valence electrons. The van der Waals surface area contributed by atoms with Gasteiger partial charge in [-0.3, -0.25) is 9.59 Å². The first kappa shape index (κ1) is 19.8. The topological polar surface area (TPSA) is 87.7 Å². The molecule has 0 unspecified atom stereocenters. The number of nitrogens with one attached hydrogen (secondary N) is 2. The molecule has 0 saturated carbocycles. The minimum absolute atomic E-state index is 0.0205. The third-order valence-corrected chi connectivity index (χ3v) is 4.34. The van der Waals surface area contributed by atoms with Crippen LogP contribution in [0, 0.1) is 0 Å². The molecule has 1 fully saturated rings. The van der Waals surface area contributed by atoms with Crippen molar-refractivity contribution in [1.82, 2.24) is 15.5 Å². The molecule has 1 aromatic rings. The van der Waals surface area contributed by atoms with E-state index >= 15 is 0 Å². The van der Waals surface area contributed by atoms with E-state index in [4.69, 9.17) is 4.74 Å². The van der Waals surface area contributed by atoms with Crippen molar-refractivity contribution < 1.29 is 19.1 Å². The number of alkyl carbamates (subject to hydrolysis) is 1. The number of hydrogen-bond donors (Lipinski definition) is 2. The summed E-state index contributed by atoms with van der Waals surface area (Å²) >= 11 is 0. The van der Waals surface area contributed by atoms with Gasteiger partial charge in [0.05, 0.1) is 13.2 Å². The second kappa shape index (κ2) is 10.4. The van der Waals surface area contributed by atoms with Crippen LogP contribution in [-0.2, 0) is 9.53 Å². The Balaban J connectivity index is 1.66. The number of rotatable bonds is 7. The molecule has 2 rings (SSSR count). The summed E-state index contributed by atoms with van der Waals surface area (Å²) in [6.07, 6.45) is 2.81. The lowest BCUT2D eigenvalue weighted by atomic mass is 10.1. The van der Waals surface area contributed by atoms with Crippen LogP contribution in [0.2, 0.25) is 0 Å². The fourth-order valence-corrected chi connectivity index (χ4v) is 2.75. The van der Waals surface area contributed by atoms with Crippen LogP contribution in [0.25, 0.3) is 0 Å². The number of hydrogen-bond acceptors (Lipinski definition) is 4. The lowest BCUT2D eigenvalue weighted by Gasteiger charge is -2.32. The van der Waals surface area contributed by atoms with Crippen molar-refractivity contribution in [3.05, 3.63) is 35.9 Å². The van der Waals surface area contributed by atoms with Crippen LogP contribution in [0.15, 0.2) is 30.3 Å².